The van der Waals surface area contributed by atoms with Gasteiger partial charge in [-0.2, -0.15) is 0 Å². The van der Waals surface area contributed by atoms with Crippen LogP contribution in [0.15, 0.2) is 0 Å². The molecule has 0 atom stereocenters. The fourth-order valence-electron chi connectivity index (χ4n) is 0.430. The third kappa shape index (κ3) is 4.35. The van der Waals surface area contributed by atoms with Crippen LogP contribution in [0.2, 0.25) is 0 Å². The summed E-state index contributed by atoms with van der Waals surface area (Å²) in [4.78, 5) is 0. The van der Waals surface area contributed by atoms with Crippen LogP contribution in [0.5, 0.6) is 0 Å². The van der Waals surface area contributed by atoms with Gasteiger partial charge < -0.3 is 17.2 Å². The maximum absolute atomic E-state index is 5.51. The quantitative estimate of drug-likeness (QED) is 0.351. The minimum Gasteiger partial charge on any atom is -0.329 e. The van der Waals surface area contributed by atoms with E-state index in [-0.39, 0.29) is 0 Å². The van der Waals surface area contributed by atoms with E-state index in [0.717, 1.165) is 0 Å². The number of hydrogen-bond acceptors (Lipinski definition) is 4. The van der Waals surface area contributed by atoms with E-state index in [1.807, 2.05) is 6.92 Å². The highest BCUT2D eigenvalue weighted by Crippen LogP contribution is 1.88. The molecule has 0 radical (unpaired) electrons. The molecule has 0 spiro atoms. The van der Waals surface area contributed by atoms with E-state index in [9.17, 15) is 0 Å². The molecule has 0 aliphatic rings. The maximum atomic E-state index is 5.51. The van der Waals surface area contributed by atoms with Gasteiger partial charge >= 0.3 is 0 Å². The molecule has 4 heteroatoms. The van der Waals surface area contributed by atoms with Gasteiger partial charge in [0.1, 0.15) is 5.79 Å². The van der Waals surface area contributed by atoms with Crippen molar-refractivity contribution in [2.75, 3.05) is 13.1 Å². The van der Waals surface area contributed by atoms with E-state index in [4.69, 9.17) is 17.2 Å². The first kappa shape index (κ1) is 8.84. The predicted molar refractivity (Wildman–Crippen MR) is 38.5 cm³/mol. The summed E-state index contributed by atoms with van der Waals surface area (Å²) in [5.41, 5.74) is 16.2. The Hall–Kier alpha value is -0.160. The Morgan fingerprint density at radius 1 is 1.44 bits per heavy atom. The van der Waals surface area contributed by atoms with Gasteiger partial charge in [-0.25, -0.2) is 0 Å². The lowest BCUT2D eigenvalue weighted by Crippen LogP contribution is -2.61. The van der Waals surface area contributed by atoms with E-state index in [1.165, 1.54) is 0 Å². The Balaban J connectivity index is 3.33. The molecule has 0 bridgehead atoms. The Morgan fingerprint density at radius 3 is 2.33 bits per heavy atom. The highest BCUT2D eigenvalue weighted by atomic mass is 15.2. The van der Waals surface area contributed by atoms with Crippen molar-refractivity contribution in [1.82, 2.24) is 5.32 Å². The molecular formula is C5H16N4. The lowest BCUT2D eigenvalue weighted by atomic mass is 10.3. The first-order chi connectivity index (χ1) is 4.12. The zero-order valence-corrected chi connectivity index (χ0v) is 5.85. The average Bonchev–Trinajstić information content (AvgIpc) is 1.84. The number of nitrogens with two attached hydrogens (primary N) is 3. The summed E-state index contributed by atoms with van der Waals surface area (Å²) in [5, 5.41) is 2.89. The molecule has 0 rings (SSSR count). The minimum atomic E-state index is -0.737. The molecule has 0 aromatic rings. The average molecular weight is 132 g/mol. The highest BCUT2D eigenvalue weighted by molar-refractivity contribution is 4.70. The molecule has 0 fully saturated rings. The smallest absolute Gasteiger partial charge is 0.118 e. The van der Waals surface area contributed by atoms with E-state index >= 15 is 0 Å². The van der Waals surface area contributed by atoms with Crippen LogP contribution in [0.25, 0.3) is 0 Å². The highest BCUT2D eigenvalue weighted by Gasteiger charge is 2.12. The zero-order valence-electron chi connectivity index (χ0n) is 5.85. The first-order valence-corrected chi connectivity index (χ1v) is 3.15. The van der Waals surface area contributed by atoms with Crippen LogP contribution in [0.4, 0.5) is 0 Å². The third-order valence-corrected chi connectivity index (χ3v) is 1.18. The molecule has 0 amide bonds. The fourth-order valence-corrected chi connectivity index (χ4v) is 0.430. The Morgan fingerprint density at radius 2 is 2.00 bits per heavy atom. The summed E-state index contributed by atoms with van der Waals surface area (Å²) in [5.74, 6) is -0.737. The maximum Gasteiger partial charge on any atom is 0.118 e. The Labute approximate surface area is 55.8 Å². The third-order valence-electron chi connectivity index (χ3n) is 1.18. The Bertz CT molecular complexity index is 71.4. The molecular weight excluding hydrogens is 116 g/mol. The van der Waals surface area contributed by atoms with Crippen molar-refractivity contribution < 1.29 is 0 Å². The number of hydrogen-bond donors (Lipinski definition) is 4. The molecule has 0 unspecified atom stereocenters. The van der Waals surface area contributed by atoms with Crippen LogP contribution in [0.1, 0.15) is 13.3 Å². The zero-order chi connectivity index (χ0) is 7.33. The van der Waals surface area contributed by atoms with Crippen LogP contribution in [-0.4, -0.2) is 18.9 Å². The molecule has 7 N–H and O–H groups in total. The normalized spacial score (nSPS) is 12.0. The van der Waals surface area contributed by atoms with E-state index in [1.54, 1.807) is 0 Å². The molecule has 0 aromatic heterocycles. The summed E-state index contributed by atoms with van der Waals surface area (Å²) in [6.07, 6.45) is 0.701. The predicted octanol–water partition coefficient (Wildman–Crippen LogP) is -1.48. The molecule has 9 heavy (non-hydrogen) atoms. The van der Waals surface area contributed by atoms with Crippen LogP contribution in [0.3, 0.4) is 0 Å². The lowest BCUT2D eigenvalue weighted by Gasteiger charge is -2.23. The molecule has 0 saturated heterocycles. The van der Waals surface area contributed by atoms with Crippen LogP contribution in [0, 0.1) is 0 Å². The summed E-state index contributed by atoms with van der Waals surface area (Å²) in [7, 11) is 0. The second kappa shape index (κ2) is 3.79. The van der Waals surface area contributed by atoms with Crippen molar-refractivity contribution >= 4 is 0 Å². The van der Waals surface area contributed by atoms with Gasteiger partial charge in [0.25, 0.3) is 0 Å². The second-order valence-electron chi connectivity index (χ2n) is 2.11. The molecule has 0 saturated carbocycles. The van der Waals surface area contributed by atoms with Crippen molar-refractivity contribution in [2.45, 2.75) is 19.1 Å². The molecule has 0 aliphatic carbocycles. The van der Waals surface area contributed by atoms with Crippen LogP contribution >= 0.6 is 0 Å². The summed E-state index contributed by atoms with van der Waals surface area (Å²) in [6.45, 7) is 3.15. The van der Waals surface area contributed by atoms with Gasteiger partial charge in [-0.15, -0.1) is 0 Å². The Kier molecular flexibility index (Phi) is 3.72. The van der Waals surface area contributed by atoms with Gasteiger partial charge in [-0.1, -0.05) is 6.92 Å². The van der Waals surface area contributed by atoms with Gasteiger partial charge in [0.15, 0.2) is 0 Å². The van der Waals surface area contributed by atoms with Gasteiger partial charge in [0, 0.05) is 13.1 Å². The van der Waals surface area contributed by atoms with E-state index < -0.39 is 5.79 Å². The summed E-state index contributed by atoms with van der Waals surface area (Å²) in [6, 6.07) is 0. The monoisotopic (exact) mass is 132 g/mol. The van der Waals surface area contributed by atoms with Crippen LogP contribution < -0.4 is 22.5 Å². The van der Waals surface area contributed by atoms with Crippen molar-refractivity contribution in [3.05, 3.63) is 0 Å². The van der Waals surface area contributed by atoms with Gasteiger partial charge in [-0.3, -0.25) is 5.32 Å². The summed E-state index contributed by atoms with van der Waals surface area (Å²) < 4.78 is 0. The molecule has 4 nitrogen and oxygen atoms in total. The first-order valence-electron chi connectivity index (χ1n) is 3.15. The molecule has 56 valence electrons. The molecule has 0 heterocycles. The topological polar surface area (TPSA) is 90.1 Å². The number of rotatable bonds is 4. The van der Waals surface area contributed by atoms with Crippen molar-refractivity contribution in [1.29, 1.82) is 0 Å². The largest absolute Gasteiger partial charge is 0.329 e. The van der Waals surface area contributed by atoms with Gasteiger partial charge in [0.2, 0.25) is 0 Å². The van der Waals surface area contributed by atoms with Crippen molar-refractivity contribution in [3.8, 4) is 0 Å². The number of nitrogens with one attached hydrogen (secondary N) is 1. The van der Waals surface area contributed by atoms with E-state index in [0.29, 0.717) is 19.5 Å². The molecule has 0 aliphatic heterocycles. The SMILES string of the molecule is CCC(N)(N)NCCN. The lowest BCUT2D eigenvalue weighted by molar-refractivity contribution is 0.339. The standard InChI is InChI=1S/C5H16N4/c1-2-5(7,8)9-4-3-6/h9H,2-4,6-8H2,1H3. The second-order valence-corrected chi connectivity index (χ2v) is 2.11. The van der Waals surface area contributed by atoms with E-state index in [2.05, 4.69) is 5.32 Å². The summed E-state index contributed by atoms with van der Waals surface area (Å²) >= 11 is 0. The minimum absolute atomic E-state index is 0.566. The molecule has 0 aromatic carbocycles. The van der Waals surface area contributed by atoms with Crippen LogP contribution in [-0.2, 0) is 0 Å². The van der Waals surface area contributed by atoms with Crippen molar-refractivity contribution in [3.63, 3.8) is 0 Å². The fraction of sp³-hybridized carbons (Fsp3) is 1.00. The van der Waals surface area contributed by atoms with Crippen molar-refractivity contribution in [2.24, 2.45) is 17.2 Å². The van der Waals surface area contributed by atoms with Gasteiger partial charge in [0.05, 0.1) is 0 Å². The van der Waals surface area contributed by atoms with Gasteiger partial charge in [-0.05, 0) is 6.42 Å².